The summed E-state index contributed by atoms with van der Waals surface area (Å²) in [6, 6.07) is 11.6. The van der Waals surface area contributed by atoms with Gasteiger partial charge in [0.25, 0.3) is 5.91 Å². The van der Waals surface area contributed by atoms with E-state index in [4.69, 9.17) is 25.8 Å². The highest BCUT2D eigenvalue weighted by Crippen LogP contribution is 2.49. The molecule has 1 N–H and O–H groups in total. The van der Waals surface area contributed by atoms with Crippen molar-refractivity contribution in [2.24, 2.45) is 23.7 Å². The van der Waals surface area contributed by atoms with Crippen molar-refractivity contribution in [1.82, 2.24) is 9.62 Å². The molecule has 3 aliphatic heterocycles. The standard InChI is InChI=1S/C38H52ClN3O6S/c1-24-7-5-9-32(37-46-21-30(48-37)20-41(3)4)31-13-10-28(31)19-42-22-38(16-6-8-26-17-29(39)12-14-33(26)38)23-47-35-15-11-27(18-34(35)42)36(43)40-49(44,45)25(24)2/h11-12,14-15,17-18,24-25,28,30-32,37H,5-10,13,16,19-23H2,1-4H3,(H,40,43)/t24-,25+,28-,30+,31+,32+,37-,38-/m0/s1. The topological polar surface area (TPSA) is 97.4 Å². The van der Waals surface area contributed by atoms with Gasteiger partial charge in [-0.15, -0.1) is 0 Å². The van der Waals surface area contributed by atoms with Crippen LogP contribution in [0.2, 0.25) is 5.02 Å². The van der Waals surface area contributed by atoms with E-state index in [-0.39, 0.29) is 29.6 Å². The fourth-order valence-electron chi connectivity index (χ4n) is 9.17. The number of halogens is 1. The number of amides is 1. The van der Waals surface area contributed by atoms with Gasteiger partial charge < -0.3 is 24.0 Å². The molecular weight excluding hydrogens is 662 g/mol. The molecule has 7 rings (SSSR count). The van der Waals surface area contributed by atoms with Gasteiger partial charge in [-0.2, -0.15) is 0 Å². The van der Waals surface area contributed by atoms with Crippen LogP contribution in [-0.4, -0.2) is 83.8 Å². The Morgan fingerprint density at radius 1 is 1.04 bits per heavy atom. The zero-order valence-corrected chi connectivity index (χ0v) is 30.9. The molecule has 268 valence electrons. The van der Waals surface area contributed by atoms with Crippen LogP contribution in [0.1, 0.15) is 80.3 Å². The molecule has 1 saturated carbocycles. The van der Waals surface area contributed by atoms with Gasteiger partial charge >= 0.3 is 0 Å². The molecule has 2 aromatic rings. The molecular formula is C38H52ClN3O6S. The lowest BCUT2D eigenvalue weighted by Gasteiger charge is -2.47. The maximum atomic E-state index is 13.6. The van der Waals surface area contributed by atoms with E-state index in [0.29, 0.717) is 30.6 Å². The summed E-state index contributed by atoms with van der Waals surface area (Å²) >= 11 is 6.47. The van der Waals surface area contributed by atoms with E-state index in [1.807, 2.05) is 25.1 Å². The zero-order valence-electron chi connectivity index (χ0n) is 29.3. The van der Waals surface area contributed by atoms with Crippen LogP contribution in [-0.2, 0) is 31.3 Å². The average molecular weight is 714 g/mol. The lowest BCUT2D eigenvalue weighted by atomic mass is 9.64. The first-order valence-corrected chi connectivity index (χ1v) is 20.1. The highest BCUT2D eigenvalue weighted by Gasteiger charge is 2.47. The molecule has 1 spiro atoms. The van der Waals surface area contributed by atoms with Gasteiger partial charge in [-0.1, -0.05) is 31.0 Å². The second kappa shape index (κ2) is 14.0. The third-order valence-corrected chi connectivity index (χ3v) is 14.3. The number of aryl methyl sites for hydroxylation is 1. The molecule has 2 fully saturated rings. The predicted octanol–water partition coefficient (Wildman–Crippen LogP) is 6.03. The van der Waals surface area contributed by atoms with Crippen molar-refractivity contribution >= 4 is 33.2 Å². The zero-order chi connectivity index (χ0) is 34.5. The number of nitrogens with one attached hydrogen (secondary N) is 1. The highest BCUT2D eigenvalue weighted by atomic mass is 35.5. The molecule has 0 radical (unpaired) electrons. The number of benzene rings is 2. The van der Waals surface area contributed by atoms with Gasteiger partial charge in [-0.25, -0.2) is 13.1 Å². The number of likely N-dealkylation sites (N-methyl/N-ethyl adjacent to an activating group) is 1. The summed E-state index contributed by atoms with van der Waals surface area (Å²) in [7, 11) is 0.217. The number of nitrogens with zero attached hydrogens (tertiary/aromatic N) is 2. The molecule has 2 aromatic carbocycles. The third-order valence-electron chi connectivity index (χ3n) is 12.2. The highest BCUT2D eigenvalue weighted by molar-refractivity contribution is 7.90. The quantitative estimate of drug-likeness (QED) is 0.412. The number of rotatable bonds is 3. The molecule has 49 heavy (non-hydrogen) atoms. The van der Waals surface area contributed by atoms with Crippen LogP contribution in [0.5, 0.6) is 5.75 Å². The van der Waals surface area contributed by atoms with Crippen LogP contribution in [0.3, 0.4) is 0 Å². The Labute approximate surface area is 297 Å². The van der Waals surface area contributed by atoms with E-state index >= 15 is 0 Å². The van der Waals surface area contributed by atoms with Gasteiger partial charge in [-0.05, 0) is 125 Å². The summed E-state index contributed by atoms with van der Waals surface area (Å²) in [5, 5.41) is 0.0311. The summed E-state index contributed by atoms with van der Waals surface area (Å²) in [5.74, 6) is 1.06. The number of anilines is 1. The van der Waals surface area contributed by atoms with Gasteiger partial charge in [0.05, 0.1) is 30.3 Å². The minimum atomic E-state index is -3.90. The lowest BCUT2D eigenvalue weighted by molar-refractivity contribution is -0.134. The van der Waals surface area contributed by atoms with Gasteiger partial charge in [0, 0.05) is 41.6 Å². The van der Waals surface area contributed by atoms with Crippen molar-refractivity contribution in [2.45, 2.75) is 88.3 Å². The minimum Gasteiger partial charge on any atom is -0.490 e. The molecule has 0 aromatic heterocycles. The summed E-state index contributed by atoms with van der Waals surface area (Å²) < 4.78 is 49.0. The van der Waals surface area contributed by atoms with Gasteiger partial charge in [0.1, 0.15) is 5.75 Å². The van der Waals surface area contributed by atoms with Crippen molar-refractivity contribution in [3.63, 3.8) is 0 Å². The number of ether oxygens (including phenoxy) is 3. The van der Waals surface area contributed by atoms with Crippen molar-refractivity contribution in [3.8, 4) is 5.75 Å². The fraction of sp³-hybridized carbons (Fsp3) is 0.658. The van der Waals surface area contributed by atoms with Crippen molar-refractivity contribution in [1.29, 1.82) is 0 Å². The second-order valence-corrected chi connectivity index (χ2v) is 18.2. The molecule has 1 amide bonds. The monoisotopic (exact) mass is 713 g/mol. The Balaban J connectivity index is 1.27. The second-order valence-electron chi connectivity index (χ2n) is 15.8. The number of sulfonamides is 1. The Kier molecular flexibility index (Phi) is 10.0. The van der Waals surface area contributed by atoms with Crippen LogP contribution in [0, 0.1) is 23.7 Å². The first kappa shape index (κ1) is 35.1. The Morgan fingerprint density at radius 2 is 1.88 bits per heavy atom. The average Bonchev–Trinajstić information content (AvgIpc) is 3.44. The number of fused-ring (bicyclic) bond motifs is 4. The lowest BCUT2D eigenvalue weighted by Crippen LogP contribution is -2.50. The van der Waals surface area contributed by atoms with Gasteiger partial charge in [0.2, 0.25) is 10.0 Å². The summed E-state index contributed by atoms with van der Waals surface area (Å²) in [6.45, 7) is 7.16. The van der Waals surface area contributed by atoms with Crippen molar-refractivity contribution < 1.29 is 27.4 Å². The third kappa shape index (κ3) is 7.10. The van der Waals surface area contributed by atoms with Gasteiger partial charge in [0.15, 0.2) is 6.29 Å². The molecule has 5 aliphatic rings. The van der Waals surface area contributed by atoms with Crippen LogP contribution in [0.15, 0.2) is 36.4 Å². The first-order chi connectivity index (χ1) is 23.4. The van der Waals surface area contributed by atoms with Crippen LogP contribution >= 0.6 is 11.6 Å². The SMILES string of the molecule is C[C@@H]1[C@@H](C)CCC[C@@H]([C@H]2OC[C@@H](CN(C)C)O2)[C@@H]2CC[C@H]2CN2C[C@@]3(CCCc4cc(Cl)ccc43)COc3ccc(cc32)C(=O)NS1(=O)=O. The van der Waals surface area contributed by atoms with Crippen LogP contribution in [0.4, 0.5) is 5.69 Å². The van der Waals surface area contributed by atoms with Gasteiger partial charge in [-0.3, -0.25) is 4.79 Å². The summed E-state index contributed by atoms with van der Waals surface area (Å²) in [6.07, 6.45) is 7.55. The minimum absolute atomic E-state index is 0.0411. The largest absolute Gasteiger partial charge is 0.490 e. The summed E-state index contributed by atoms with van der Waals surface area (Å²) in [4.78, 5) is 18.1. The molecule has 8 atom stereocenters. The molecule has 2 aliphatic carbocycles. The number of carbonyl (C=O) groups is 1. The van der Waals surface area contributed by atoms with E-state index in [2.05, 4.69) is 40.7 Å². The maximum absolute atomic E-state index is 13.6. The number of hydrogen-bond acceptors (Lipinski definition) is 8. The van der Waals surface area contributed by atoms with Crippen LogP contribution in [0.25, 0.3) is 0 Å². The molecule has 1 saturated heterocycles. The fourth-order valence-corrected chi connectivity index (χ4v) is 10.7. The molecule has 3 heterocycles. The maximum Gasteiger partial charge on any atom is 0.264 e. The van der Waals surface area contributed by atoms with E-state index < -0.39 is 21.2 Å². The van der Waals surface area contributed by atoms with E-state index in [1.54, 1.807) is 13.0 Å². The number of carbonyl (C=O) groups excluding carboxylic acids is 1. The Morgan fingerprint density at radius 3 is 2.65 bits per heavy atom. The van der Waals surface area contributed by atoms with E-state index in [1.165, 1.54) is 11.1 Å². The Bertz CT molecular complexity index is 1650. The van der Waals surface area contributed by atoms with E-state index in [9.17, 15) is 13.2 Å². The Hall–Kier alpha value is -2.37. The van der Waals surface area contributed by atoms with E-state index in [0.717, 1.165) is 87.5 Å². The first-order valence-electron chi connectivity index (χ1n) is 18.2. The van der Waals surface area contributed by atoms with Crippen molar-refractivity contribution in [2.75, 3.05) is 51.8 Å². The normalized spacial score (nSPS) is 34.7. The molecule has 11 heteroatoms. The summed E-state index contributed by atoms with van der Waals surface area (Å²) in [5.41, 5.74) is 3.49. The smallest absolute Gasteiger partial charge is 0.264 e. The number of hydrogen-bond donors (Lipinski definition) is 1. The molecule has 0 unspecified atom stereocenters. The molecule has 9 nitrogen and oxygen atoms in total. The predicted molar refractivity (Wildman–Crippen MR) is 192 cm³/mol. The molecule has 2 bridgehead atoms. The van der Waals surface area contributed by atoms with Crippen LogP contribution < -0.4 is 14.4 Å². The van der Waals surface area contributed by atoms with Crippen molar-refractivity contribution in [3.05, 3.63) is 58.1 Å².